The standard InChI is InChI=1S/C26H20N2O5S/c29-23(28-26-27-22(17-34-26)18-7-3-1-4-8-18)15-33-24(30)16-32-21-13-11-20(12-14-21)25(31)19-9-5-2-6-10-19/h1-14,17H,15-16H2,(H,27,28,29). The number of hydrogen-bond donors (Lipinski definition) is 1. The molecule has 0 fully saturated rings. The molecule has 4 aromatic rings. The van der Waals surface area contributed by atoms with E-state index in [2.05, 4.69) is 10.3 Å². The van der Waals surface area contributed by atoms with Gasteiger partial charge in [-0.15, -0.1) is 11.3 Å². The van der Waals surface area contributed by atoms with Crippen molar-refractivity contribution in [3.63, 3.8) is 0 Å². The molecule has 170 valence electrons. The Labute approximate surface area is 200 Å². The summed E-state index contributed by atoms with van der Waals surface area (Å²) < 4.78 is 10.3. The molecule has 0 aliphatic heterocycles. The van der Waals surface area contributed by atoms with Crippen LogP contribution in [0.4, 0.5) is 5.13 Å². The summed E-state index contributed by atoms with van der Waals surface area (Å²) in [5, 5.41) is 4.86. The third-order valence-electron chi connectivity index (χ3n) is 4.69. The van der Waals surface area contributed by atoms with Gasteiger partial charge in [-0.25, -0.2) is 9.78 Å². The van der Waals surface area contributed by atoms with Gasteiger partial charge in [-0.1, -0.05) is 60.7 Å². The normalized spacial score (nSPS) is 10.4. The van der Waals surface area contributed by atoms with Crippen LogP contribution in [0, 0.1) is 0 Å². The molecule has 1 heterocycles. The number of benzene rings is 3. The summed E-state index contributed by atoms with van der Waals surface area (Å²) in [6.07, 6.45) is 0. The molecule has 34 heavy (non-hydrogen) atoms. The van der Waals surface area contributed by atoms with E-state index in [1.54, 1.807) is 48.5 Å². The van der Waals surface area contributed by atoms with Crippen LogP contribution in [0.2, 0.25) is 0 Å². The quantitative estimate of drug-likeness (QED) is 0.283. The van der Waals surface area contributed by atoms with Gasteiger partial charge in [0.05, 0.1) is 5.69 Å². The van der Waals surface area contributed by atoms with Crippen molar-refractivity contribution < 1.29 is 23.9 Å². The second-order valence-electron chi connectivity index (χ2n) is 7.12. The summed E-state index contributed by atoms with van der Waals surface area (Å²) >= 11 is 1.28. The zero-order chi connectivity index (χ0) is 23.8. The number of nitrogens with zero attached hydrogens (tertiary/aromatic N) is 1. The molecule has 0 saturated heterocycles. The topological polar surface area (TPSA) is 94.6 Å². The van der Waals surface area contributed by atoms with Gasteiger partial charge in [0.25, 0.3) is 5.91 Å². The fraction of sp³-hybridized carbons (Fsp3) is 0.0769. The van der Waals surface area contributed by atoms with Crippen molar-refractivity contribution in [2.24, 2.45) is 0 Å². The zero-order valence-electron chi connectivity index (χ0n) is 18.0. The molecule has 4 rings (SSSR count). The molecule has 7 nitrogen and oxygen atoms in total. The van der Waals surface area contributed by atoms with E-state index in [0.29, 0.717) is 22.0 Å². The van der Waals surface area contributed by atoms with E-state index in [1.165, 1.54) is 11.3 Å². The van der Waals surface area contributed by atoms with Crippen molar-refractivity contribution in [2.45, 2.75) is 0 Å². The van der Waals surface area contributed by atoms with Crippen molar-refractivity contribution in [1.82, 2.24) is 4.98 Å². The van der Waals surface area contributed by atoms with Crippen LogP contribution < -0.4 is 10.1 Å². The van der Waals surface area contributed by atoms with E-state index in [4.69, 9.17) is 9.47 Å². The fourth-order valence-electron chi connectivity index (χ4n) is 3.02. The second-order valence-corrected chi connectivity index (χ2v) is 7.98. The van der Waals surface area contributed by atoms with Gasteiger partial charge in [0, 0.05) is 22.1 Å². The number of carbonyl (C=O) groups excluding carboxylic acids is 3. The Morgan fingerprint density at radius 1 is 0.794 bits per heavy atom. The fourth-order valence-corrected chi connectivity index (χ4v) is 3.75. The van der Waals surface area contributed by atoms with Gasteiger partial charge in [0.2, 0.25) is 0 Å². The third kappa shape index (κ3) is 6.14. The maximum Gasteiger partial charge on any atom is 0.344 e. The maximum absolute atomic E-state index is 12.4. The largest absolute Gasteiger partial charge is 0.482 e. The molecular formula is C26H20N2O5S. The Morgan fingerprint density at radius 2 is 1.44 bits per heavy atom. The lowest BCUT2D eigenvalue weighted by atomic mass is 10.0. The summed E-state index contributed by atoms with van der Waals surface area (Å²) in [6, 6.07) is 25.0. The minimum absolute atomic E-state index is 0.103. The van der Waals surface area contributed by atoms with Crippen LogP contribution in [0.3, 0.4) is 0 Å². The average Bonchev–Trinajstić information content (AvgIpc) is 3.35. The number of hydrogen-bond acceptors (Lipinski definition) is 7. The predicted molar refractivity (Wildman–Crippen MR) is 129 cm³/mol. The first-order valence-corrected chi connectivity index (χ1v) is 11.3. The van der Waals surface area contributed by atoms with Gasteiger partial charge >= 0.3 is 5.97 Å². The lowest BCUT2D eigenvalue weighted by Gasteiger charge is -2.08. The van der Waals surface area contributed by atoms with E-state index in [9.17, 15) is 14.4 Å². The van der Waals surface area contributed by atoms with Crippen LogP contribution in [0.15, 0.2) is 90.3 Å². The Morgan fingerprint density at radius 3 is 2.15 bits per heavy atom. The van der Waals surface area contributed by atoms with Crippen molar-refractivity contribution in [2.75, 3.05) is 18.5 Å². The Bertz CT molecular complexity index is 1270. The number of nitrogens with one attached hydrogen (secondary N) is 1. The zero-order valence-corrected chi connectivity index (χ0v) is 18.8. The first-order chi connectivity index (χ1) is 16.6. The third-order valence-corrected chi connectivity index (χ3v) is 5.45. The van der Waals surface area contributed by atoms with Crippen LogP contribution in [-0.4, -0.2) is 35.9 Å². The highest BCUT2D eigenvalue weighted by molar-refractivity contribution is 7.14. The number of ketones is 1. The molecule has 3 aromatic carbocycles. The molecule has 0 spiro atoms. The molecule has 0 saturated carbocycles. The first kappa shape index (κ1) is 22.9. The molecule has 0 unspecified atom stereocenters. The Hall–Kier alpha value is -4.30. The van der Waals surface area contributed by atoms with Crippen LogP contribution in [-0.2, 0) is 14.3 Å². The summed E-state index contributed by atoms with van der Waals surface area (Å²) in [5.41, 5.74) is 2.80. The van der Waals surface area contributed by atoms with E-state index in [1.807, 2.05) is 41.8 Å². The predicted octanol–water partition coefficient (Wildman–Crippen LogP) is 4.60. The first-order valence-electron chi connectivity index (χ1n) is 10.4. The summed E-state index contributed by atoms with van der Waals surface area (Å²) in [5.74, 6) is -0.884. The van der Waals surface area contributed by atoms with E-state index < -0.39 is 18.5 Å². The number of thiazole rings is 1. The van der Waals surface area contributed by atoms with E-state index in [-0.39, 0.29) is 12.4 Å². The number of carbonyl (C=O) groups is 3. The molecular weight excluding hydrogens is 452 g/mol. The van der Waals surface area contributed by atoms with Gasteiger partial charge < -0.3 is 9.47 Å². The molecule has 8 heteroatoms. The average molecular weight is 473 g/mol. The van der Waals surface area contributed by atoms with E-state index in [0.717, 1.165) is 11.3 Å². The van der Waals surface area contributed by atoms with Crippen molar-refractivity contribution >= 4 is 34.1 Å². The number of rotatable bonds is 9. The Balaban J connectivity index is 1.20. The smallest absolute Gasteiger partial charge is 0.344 e. The molecule has 0 aliphatic carbocycles. The highest BCUT2D eigenvalue weighted by Gasteiger charge is 2.12. The number of amides is 1. The van der Waals surface area contributed by atoms with Crippen molar-refractivity contribution in [3.8, 4) is 17.0 Å². The highest BCUT2D eigenvalue weighted by Crippen LogP contribution is 2.24. The number of anilines is 1. The molecule has 1 amide bonds. The Kier molecular flexibility index (Phi) is 7.42. The van der Waals surface area contributed by atoms with Crippen LogP contribution >= 0.6 is 11.3 Å². The number of aromatic nitrogens is 1. The van der Waals surface area contributed by atoms with E-state index >= 15 is 0 Å². The van der Waals surface area contributed by atoms with Gasteiger partial charge in [-0.05, 0) is 24.3 Å². The minimum Gasteiger partial charge on any atom is -0.482 e. The molecule has 0 atom stereocenters. The second kappa shape index (κ2) is 11.0. The number of esters is 1. The summed E-state index contributed by atoms with van der Waals surface area (Å²) in [6.45, 7) is -0.818. The van der Waals surface area contributed by atoms with Crippen LogP contribution in [0.1, 0.15) is 15.9 Å². The molecule has 0 bridgehead atoms. The van der Waals surface area contributed by atoms with Gasteiger partial charge in [0.15, 0.2) is 24.1 Å². The minimum atomic E-state index is -0.691. The van der Waals surface area contributed by atoms with Crippen molar-refractivity contribution in [1.29, 1.82) is 0 Å². The maximum atomic E-state index is 12.4. The van der Waals surface area contributed by atoms with Gasteiger partial charge in [-0.2, -0.15) is 0 Å². The molecule has 1 N–H and O–H groups in total. The monoisotopic (exact) mass is 472 g/mol. The summed E-state index contributed by atoms with van der Waals surface area (Å²) in [4.78, 5) is 40.8. The SMILES string of the molecule is O=C(COC(=O)COc1ccc(C(=O)c2ccccc2)cc1)Nc1nc(-c2ccccc2)cs1. The summed E-state index contributed by atoms with van der Waals surface area (Å²) in [7, 11) is 0. The lowest BCUT2D eigenvalue weighted by Crippen LogP contribution is -2.23. The molecule has 0 aliphatic rings. The number of ether oxygens (including phenoxy) is 2. The van der Waals surface area contributed by atoms with Crippen LogP contribution in [0.5, 0.6) is 5.75 Å². The van der Waals surface area contributed by atoms with Gasteiger partial charge in [0.1, 0.15) is 5.75 Å². The molecule has 0 radical (unpaired) electrons. The van der Waals surface area contributed by atoms with Gasteiger partial charge in [-0.3, -0.25) is 14.9 Å². The lowest BCUT2D eigenvalue weighted by molar-refractivity contribution is -0.149. The highest BCUT2D eigenvalue weighted by atomic mass is 32.1. The molecule has 1 aromatic heterocycles. The van der Waals surface area contributed by atoms with Crippen LogP contribution in [0.25, 0.3) is 11.3 Å². The van der Waals surface area contributed by atoms with Crippen molar-refractivity contribution in [3.05, 3.63) is 101 Å².